The Bertz CT molecular complexity index is 1140. The Morgan fingerprint density at radius 1 is 1.17 bits per heavy atom. The van der Waals surface area contributed by atoms with Gasteiger partial charge in [-0.15, -0.1) is 0 Å². The van der Waals surface area contributed by atoms with E-state index >= 15 is 0 Å². The summed E-state index contributed by atoms with van der Waals surface area (Å²) in [4.78, 5) is 17.2. The summed E-state index contributed by atoms with van der Waals surface area (Å²) in [6.07, 6.45) is 3.49. The standard InChI is InChI=1S/C23H26N4O2/c1-16(2)27-19-9-5-4-8-18(19)22-20(27)13-21(26(22)11-12-29-3)23(28)25-15-17-7-6-10-24-14-17/h4-10,13-14,16H,11-12,15H2,1-3H3,(H,25,28). The average Bonchev–Trinajstić information content (AvgIpc) is 3.25. The molecule has 29 heavy (non-hydrogen) atoms. The van der Waals surface area contributed by atoms with Crippen LogP contribution in [0, 0.1) is 0 Å². The lowest BCUT2D eigenvalue weighted by atomic mass is 10.2. The highest BCUT2D eigenvalue weighted by Gasteiger charge is 2.22. The smallest absolute Gasteiger partial charge is 0.268 e. The molecule has 1 amide bonds. The number of carbonyl (C=O) groups is 1. The molecule has 4 aromatic rings. The predicted octanol–water partition coefficient (Wildman–Crippen LogP) is 4.15. The quantitative estimate of drug-likeness (QED) is 0.516. The number of para-hydroxylation sites is 1. The number of amides is 1. The van der Waals surface area contributed by atoms with Crippen LogP contribution in [0.5, 0.6) is 0 Å². The van der Waals surface area contributed by atoms with E-state index in [2.05, 4.69) is 51.5 Å². The fraction of sp³-hybridized carbons (Fsp3) is 0.304. The van der Waals surface area contributed by atoms with Crippen molar-refractivity contribution in [2.75, 3.05) is 13.7 Å². The van der Waals surface area contributed by atoms with E-state index in [-0.39, 0.29) is 11.9 Å². The van der Waals surface area contributed by atoms with Crippen molar-refractivity contribution in [3.8, 4) is 0 Å². The molecule has 0 unspecified atom stereocenters. The van der Waals surface area contributed by atoms with Crippen LogP contribution in [-0.2, 0) is 17.8 Å². The summed E-state index contributed by atoms with van der Waals surface area (Å²) in [5, 5.41) is 4.18. The second-order valence-corrected chi connectivity index (χ2v) is 7.43. The van der Waals surface area contributed by atoms with Crippen molar-refractivity contribution in [1.29, 1.82) is 0 Å². The molecule has 1 aromatic carbocycles. The summed E-state index contributed by atoms with van der Waals surface area (Å²) in [5.41, 5.74) is 4.95. The van der Waals surface area contributed by atoms with Gasteiger partial charge in [0, 0.05) is 44.0 Å². The highest BCUT2D eigenvalue weighted by atomic mass is 16.5. The summed E-state index contributed by atoms with van der Waals surface area (Å²) >= 11 is 0. The molecular formula is C23H26N4O2. The summed E-state index contributed by atoms with van der Waals surface area (Å²) in [6.45, 7) is 5.92. The first kappa shape index (κ1) is 19.2. The number of hydrogen-bond donors (Lipinski definition) is 1. The van der Waals surface area contributed by atoms with Gasteiger partial charge >= 0.3 is 0 Å². The molecule has 0 aliphatic rings. The van der Waals surface area contributed by atoms with Gasteiger partial charge in [0.2, 0.25) is 0 Å². The van der Waals surface area contributed by atoms with E-state index in [1.165, 1.54) is 5.52 Å². The molecule has 0 fully saturated rings. The number of carbonyl (C=O) groups excluding carboxylic acids is 1. The fourth-order valence-corrected chi connectivity index (χ4v) is 3.95. The Labute approximate surface area is 170 Å². The monoisotopic (exact) mass is 390 g/mol. The minimum Gasteiger partial charge on any atom is -0.383 e. The van der Waals surface area contributed by atoms with Gasteiger partial charge < -0.3 is 19.2 Å². The van der Waals surface area contributed by atoms with Crippen LogP contribution >= 0.6 is 0 Å². The molecule has 3 heterocycles. The van der Waals surface area contributed by atoms with Crippen LogP contribution in [-0.4, -0.2) is 33.7 Å². The Morgan fingerprint density at radius 2 is 2.00 bits per heavy atom. The van der Waals surface area contributed by atoms with Crippen LogP contribution in [0.25, 0.3) is 21.9 Å². The van der Waals surface area contributed by atoms with E-state index in [1.807, 2.05) is 24.3 Å². The zero-order valence-corrected chi connectivity index (χ0v) is 17.1. The van der Waals surface area contributed by atoms with Crippen LogP contribution in [0.1, 0.15) is 35.9 Å². The second kappa shape index (κ2) is 8.09. The lowest BCUT2D eigenvalue weighted by molar-refractivity contribution is 0.0939. The molecular weight excluding hydrogens is 364 g/mol. The van der Waals surface area contributed by atoms with E-state index < -0.39 is 0 Å². The maximum absolute atomic E-state index is 13.1. The number of benzene rings is 1. The van der Waals surface area contributed by atoms with Gasteiger partial charge in [-0.2, -0.15) is 0 Å². The molecule has 4 rings (SSSR count). The number of ether oxygens (including phenoxy) is 1. The third-order valence-corrected chi connectivity index (χ3v) is 5.20. The lowest BCUT2D eigenvalue weighted by Gasteiger charge is -2.11. The summed E-state index contributed by atoms with van der Waals surface area (Å²) in [7, 11) is 1.68. The molecule has 1 N–H and O–H groups in total. The first-order chi connectivity index (χ1) is 14.1. The SMILES string of the molecule is COCCn1c(C(=O)NCc2cccnc2)cc2c1c1ccccc1n2C(C)C. The van der Waals surface area contributed by atoms with Gasteiger partial charge in [0.15, 0.2) is 0 Å². The summed E-state index contributed by atoms with van der Waals surface area (Å²) in [6, 6.07) is 14.5. The maximum atomic E-state index is 13.1. The molecule has 0 aliphatic carbocycles. The lowest BCUT2D eigenvalue weighted by Crippen LogP contribution is -2.26. The van der Waals surface area contributed by atoms with Crippen molar-refractivity contribution in [1.82, 2.24) is 19.4 Å². The molecule has 0 saturated carbocycles. The van der Waals surface area contributed by atoms with Gasteiger partial charge in [-0.3, -0.25) is 9.78 Å². The number of nitrogens with one attached hydrogen (secondary N) is 1. The Hall–Kier alpha value is -3.12. The number of aromatic nitrogens is 3. The van der Waals surface area contributed by atoms with E-state index in [4.69, 9.17) is 4.74 Å². The molecule has 6 nitrogen and oxygen atoms in total. The minimum absolute atomic E-state index is 0.0967. The topological polar surface area (TPSA) is 61.1 Å². The van der Waals surface area contributed by atoms with Crippen molar-refractivity contribution in [3.05, 3.63) is 66.1 Å². The van der Waals surface area contributed by atoms with Crippen LogP contribution in [0.15, 0.2) is 54.9 Å². The number of rotatable bonds is 7. The first-order valence-electron chi connectivity index (χ1n) is 9.90. The predicted molar refractivity (Wildman–Crippen MR) is 115 cm³/mol. The highest BCUT2D eigenvalue weighted by Crippen LogP contribution is 2.34. The van der Waals surface area contributed by atoms with Gasteiger partial charge in [0.25, 0.3) is 5.91 Å². The van der Waals surface area contributed by atoms with Crippen LogP contribution in [0.3, 0.4) is 0 Å². The third-order valence-electron chi connectivity index (χ3n) is 5.20. The second-order valence-electron chi connectivity index (χ2n) is 7.43. The van der Waals surface area contributed by atoms with Gasteiger partial charge in [-0.1, -0.05) is 24.3 Å². The number of methoxy groups -OCH3 is 1. The maximum Gasteiger partial charge on any atom is 0.268 e. The van der Waals surface area contributed by atoms with Gasteiger partial charge in [-0.25, -0.2) is 0 Å². The molecule has 0 bridgehead atoms. The third kappa shape index (κ3) is 3.51. The zero-order chi connectivity index (χ0) is 20.4. The van der Waals surface area contributed by atoms with Crippen molar-refractivity contribution < 1.29 is 9.53 Å². The number of nitrogens with zero attached hydrogens (tertiary/aromatic N) is 3. The largest absolute Gasteiger partial charge is 0.383 e. The molecule has 0 aliphatic heterocycles. The molecule has 0 saturated heterocycles. The first-order valence-corrected chi connectivity index (χ1v) is 9.90. The van der Waals surface area contributed by atoms with Crippen LogP contribution in [0.2, 0.25) is 0 Å². The number of fused-ring (bicyclic) bond motifs is 3. The van der Waals surface area contributed by atoms with Crippen molar-refractivity contribution in [2.45, 2.75) is 33.0 Å². The van der Waals surface area contributed by atoms with E-state index in [1.54, 1.807) is 19.5 Å². The normalized spacial score (nSPS) is 11.6. The average molecular weight is 390 g/mol. The van der Waals surface area contributed by atoms with E-state index in [0.717, 1.165) is 22.0 Å². The molecule has 150 valence electrons. The highest BCUT2D eigenvalue weighted by molar-refractivity contribution is 6.10. The summed E-state index contributed by atoms with van der Waals surface area (Å²) < 4.78 is 9.71. The molecule has 6 heteroatoms. The number of hydrogen-bond acceptors (Lipinski definition) is 3. The minimum atomic E-state index is -0.0967. The Balaban J connectivity index is 1.80. The Kier molecular flexibility index (Phi) is 5.36. The van der Waals surface area contributed by atoms with Gasteiger partial charge in [0.05, 0.1) is 23.2 Å². The Morgan fingerprint density at radius 3 is 2.72 bits per heavy atom. The van der Waals surface area contributed by atoms with E-state index in [9.17, 15) is 4.79 Å². The molecule has 0 atom stereocenters. The van der Waals surface area contributed by atoms with Crippen LogP contribution < -0.4 is 5.32 Å². The summed E-state index contributed by atoms with van der Waals surface area (Å²) in [5.74, 6) is -0.0967. The molecule has 3 aromatic heterocycles. The van der Waals surface area contributed by atoms with Crippen LogP contribution in [0.4, 0.5) is 0 Å². The molecule has 0 spiro atoms. The van der Waals surface area contributed by atoms with Crippen molar-refractivity contribution in [3.63, 3.8) is 0 Å². The number of pyridine rings is 1. The zero-order valence-electron chi connectivity index (χ0n) is 17.1. The fourth-order valence-electron chi connectivity index (χ4n) is 3.95. The van der Waals surface area contributed by atoms with Gasteiger partial charge in [0.1, 0.15) is 5.69 Å². The van der Waals surface area contributed by atoms with Gasteiger partial charge in [-0.05, 0) is 37.6 Å². The molecule has 0 radical (unpaired) electrons. The van der Waals surface area contributed by atoms with E-state index in [0.29, 0.717) is 25.4 Å². The van der Waals surface area contributed by atoms with Crippen molar-refractivity contribution >= 4 is 27.8 Å². The van der Waals surface area contributed by atoms with Crippen molar-refractivity contribution in [2.24, 2.45) is 0 Å².